The van der Waals surface area contributed by atoms with E-state index in [4.69, 9.17) is 0 Å². The first kappa shape index (κ1) is 16.7. The second-order valence-corrected chi connectivity index (χ2v) is 7.91. The molecular formula is C18H18N4O3S. The lowest BCUT2D eigenvalue weighted by molar-refractivity contribution is 0.0917. The standard InChI is InChI=1S/C18H18N4O3S/c23-18(15-6-3-4-10-19-15)20-13-8-11-22(12-9-13)17-14-5-1-2-7-16(14)26(24,25)21-17/h1-7,10,13H,8-9,11-12H2,(H,20,23). The normalized spacial score (nSPS) is 18.9. The van der Waals surface area contributed by atoms with Crippen molar-refractivity contribution < 1.29 is 13.2 Å². The zero-order chi connectivity index (χ0) is 18.1. The van der Waals surface area contributed by atoms with Crippen molar-refractivity contribution in [1.82, 2.24) is 15.2 Å². The lowest BCUT2D eigenvalue weighted by atomic mass is 10.0. The molecule has 7 nitrogen and oxygen atoms in total. The first-order valence-corrected chi connectivity index (χ1v) is 9.90. The minimum absolute atomic E-state index is 0.0367. The number of amidine groups is 1. The maximum Gasteiger partial charge on any atom is 0.285 e. The second kappa shape index (κ2) is 6.53. The van der Waals surface area contributed by atoms with E-state index in [1.165, 1.54) is 0 Å². The predicted molar refractivity (Wildman–Crippen MR) is 96.5 cm³/mol. The van der Waals surface area contributed by atoms with Crippen molar-refractivity contribution in [3.8, 4) is 0 Å². The van der Waals surface area contributed by atoms with E-state index in [1.807, 2.05) is 11.0 Å². The molecule has 2 aliphatic rings. The topological polar surface area (TPSA) is 91.7 Å². The van der Waals surface area contributed by atoms with Gasteiger partial charge in [0.2, 0.25) is 0 Å². The predicted octanol–water partition coefficient (Wildman–Crippen LogP) is 1.42. The van der Waals surface area contributed by atoms with Crippen molar-refractivity contribution in [1.29, 1.82) is 0 Å². The van der Waals surface area contributed by atoms with Gasteiger partial charge < -0.3 is 10.2 Å². The SMILES string of the molecule is O=C(NC1CCN(C2=NS(=O)(=O)c3ccccc32)CC1)c1ccccn1. The Balaban J connectivity index is 1.43. The van der Waals surface area contributed by atoms with E-state index < -0.39 is 10.0 Å². The van der Waals surface area contributed by atoms with Crippen LogP contribution in [0.25, 0.3) is 0 Å². The van der Waals surface area contributed by atoms with E-state index in [0.717, 1.165) is 12.8 Å². The number of nitrogens with zero attached hydrogens (tertiary/aromatic N) is 3. The zero-order valence-corrected chi connectivity index (χ0v) is 14.8. The molecule has 2 aliphatic heterocycles. The fourth-order valence-electron chi connectivity index (χ4n) is 3.31. The highest BCUT2D eigenvalue weighted by Crippen LogP contribution is 2.28. The van der Waals surface area contributed by atoms with Crippen LogP contribution in [0.4, 0.5) is 0 Å². The number of carbonyl (C=O) groups is 1. The van der Waals surface area contributed by atoms with Crippen molar-refractivity contribution in [3.63, 3.8) is 0 Å². The first-order valence-electron chi connectivity index (χ1n) is 8.46. The number of nitrogens with one attached hydrogen (secondary N) is 1. The highest BCUT2D eigenvalue weighted by atomic mass is 32.2. The van der Waals surface area contributed by atoms with Crippen molar-refractivity contribution in [3.05, 3.63) is 59.9 Å². The van der Waals surface area contributed by atoms with E-state index in [2.05, 4.69) is 14.7 Å². The molecule has 0 atom stereocenters. The Hall–Kier alpha value is -2.74. The van der Waals surface area contributed by atoms with Gasteiger partial charge in [-0.05, 0) is 37.1 Å². The van der Waals surface area contributed by atoms with Crippen LogP contribution in [0.5, 0.6) is 0 Å². The number of likely N-dealkylation sites (tertiary alicyclic amines) is 1. The summed E-state index contributed by atoms with van der Waals surface area (Å²) < 4.78 is 28.4. The van der Waals surface area contributed by atoms with Gasteiger partial charge in [0.25, 0.3) is 15.9 Å². The molecule has 8 heteroatoms. The van der Waals surface area contributed by atoms with Crippen LogP contribution in [-0.4, -0.2) is 49.2 Å². The maximum absolute atomic E-state index is 12.2. The van der Waals surface area contributed by atoms with Crippen LogP contribution in [0, 0.1) is 0 Å². The summed E-state index contributed by atoms with van der Waals surface area (Å²) in [6.07, 6.45) is 3.03. The van der Waals surface area contributed by atoms with Gasteiger partial charge in [0.15, 0.2) is 5.84 Å². The maximum atomic E-state index is 12.2. The molecule has 1 fully saturated rings. The average Bonchev–Trinajstić information content (AvgIpc) is 2.95. The third kappa shape index (κ3) is 3.08. The Kier molecular flexibility index (Phi) is 4.20. The summed E-state index contributed by atoms with van der Waals surface area (Å²) in [5.41, 5.74) is 1.05. The van der Waals surface area contributed by atoms with Crippen LogP contribution in [0.15, 0.2) is 58.0 Å². The molecule has 1 saturated heterocycles. The van der Waals surface area contributed by atoms with Gasteiger partial charge in [0, 0.05) is 30.9 Å². The number of hydrogen-bond donors (Lipinski definition) is 1. The summed E-state index contributed by atoms with van der Waals surface area (Å²) in [6.45, 7) is 1.27. The van der Waals surface area contributed by atoms with Gasteiger partial charge in [0.1, 0.15) is 10.6 Å². The Labute approximate surface area is 151 Å². The summed E-state index contributed by atoms with van der Waals surface area (Å²) in [5, 5.41) is 3.00. The Morgan fingerprint density at radius 1 is 1.08 bits per heavy atom. The van der Waals surface area contributed by atoms with Crippen LogP contribution in [-0.2, 0) is 10.0 Å². The fraction of sp³-hybridized carbons (Fsp3) is 0.278. The number of sulfonamides is 1. The number of pyridine rings is 1. The van der Waals surface area contributed by atoms with Crippen LogP contribution in [0.2, 0.25) is 0 Å². The smallest absolute Gasteiger partial charge is 0.285 e. The number of aromatic nitrogens is 1. The zero-order valence-electron chi connectivity index (χ0n) is 14.0. The number of fused-ring (bicyclic) bond motifs is 1. The van der Waals surface area contributed by atoms with Crippen molar-refractivity contribution in [2.24, 2.45) is 4.40 Å². The van der Waals surface area contributed by atoms with Gasteiger partial charge in [0.05, 0.1) is 0 Å². The molecule has 0 radical (unpaired) electrons. The van der Waals surface area contributed by atoms with Crippen LogP contribution in [0.1, 0.15) is 28.9 Å². The molecule has 134 valence electrons. The number of benzene rings is 1. The van der Waals surface area contributed by atoms with Crippen LogP contribution >= 0.6 is 0 Å². The highest BCUT2D eigenvalue weighted by Gasteiger charge is 2.33. The summed E-state index contributed by atoms with van der Waals surface area (Å²) in [6, 6.07) is 12.1. The Bertz CT molecular complexity index is 965. The average molecular weight is 370 g/mol. The van der Waals surface area contributed by atoms with Gasteiger partial charge in [-0.2, -0.15) is 8.42 Å². The minimum Gasteiger partial charge on any atom is -0.355 e. The van der Waals surface area contributed by atoms with Crippen LogP contribution < -0.4 is 5.32 Å². The Morgan fingerprint density at radius 2 is 1.81 bits per heavy atom. The molecule has 4 rings (SSSR count). The second-order valence-electron chi connectivity index (χ2n) is 6.34. The van der Waals surface area contributed by atoms with Crippen molar-refractivity contribution in [2.45, 2.75) is 23.8 Å². The van der Waals surface area contributed by atoms with E-state index in [0.29, 0.717) is 30.2 Å². The first-order chi connectivity index (χ1) is 12.5. The largest absolute Gasteiger partial charge is 0.355 e. The van der Waals surface area contributed by atoms with E-state index >= 15 is 0 Å². The van der Waals surface area contributed by atoms with Crippen LogP contribution in [0.3, 0.4) is 0 Å². The molecule has 0 unspecified atom stereocenters. The molecule has 26 heavy (non-hydrogen) atoms. The number of piperidine rings is 1. The van der Waals surface area contributed by atoms with Gasteiger partial charge in [-0.3, -0.25) is 9.78 Å². The molecule has 0 aliphatic carbocycles. The molecule has 0 saturated carbocycles. The lowest BCUT2D eigenvalue weighted by Gasteiger charge is -2.33. The van der Waals surface area contributed by atoms with E-state index in [1.54, 1.807) is 42.6 Å². The van der Waals surface area contributed by atoms with Crippen molar-refractivity contribution >= 4 is 21.8 Å². The number of hydrogen-bond acceptors (Lipinski definition) is 5. The van der Waals surface area contributed by atoms with E-state index in [9.17, 15) is 13.2 Å². The third-order valence-electron chi connectivity index (χ3n) is 4.64. The molecule has 1 aromatic carbocycles. The fourth-order valence-corrected chi connectivity index (χ4v) is 4.54. The Morgan fingerprint density at radius 3 is 2.54 bits per heavy atom. The summed E-state index contributed by atoms with van der Waals surface area (Å²) in [7, 11) is -3.60. The lowest BCUT2D eigenvalue weighted by Crippen LogP contribution is -2.46. The number of carbonyl (C=O) groups excluding carboxylic acids is 1. The minimum atomic E-state index is -3.60. The summed E-state index contributed by atoms with van der Waals surface area (Å²) in [5.74, 6) is 0.324. The quantitative estimate of drug-likeness (QED) is 0.863. The molecule has 2 aromatic rings. The number of amides is 1. The van der Waals surface area contributed by atoms with Gasteiger partial charge in [-0.15, -0.1) is 4.40 Å². The molecule has 0 spiro atoms. The van der Waals surface area contributed by atoms with Crippen molar-refractivity contribution in [2.75, 3.05) is 13.1 Å². The van der Waals surface area contributed by atoms with E-state index in [-0.39, 0.29) is 16.8 Å². The third-order valence-corrected chi connectivity index (χ3v) is 5.96. The summed E-state index contributed by atoms with van der Waals surface area (Å²) in [4.78, 5) is 18.5. The molecule has 3 heterocycles. The highest BCUT2D eigenvalue weighted by molar-refractivity contribution is 7.90. The number of rotatable bonds is 2. The molecular weight excluding hydrogens is 352 g/mol. The molecule has 1 aromatic heterocycles. The molecule has 1 N–H and O–H groups in total. The molecule has 0 bridgehead atoms. The van der Waals surface area contributed by atoms with Gasteiger partial charge in [-0.1, -0.05) is 18.2 Å². The van der Waals surface area contributed by atoms with Gasteiger partial charge >= 0.3 is 0 Å². The molecule has 1 amide bonds. The summed E-state index contributed by atoms with van der Waals surface area (Å²) >= 11 is 0. The monoisotopic (exact) mass is 370 g/mol. The van der Waals surface area contributed by atoms with Gasteiger partial charge in [-0.25, -0.2) is 0 Å².